The second-order valence-electron chi connectivity index (χ2n) is 0.988. The van der Waals surface area contributed by atoms with Crippen LogP contribution in [0.25, 0.3) is 0 Å². The Kier molecular flexibility index (Phi) is 2.71. The van der Waals surface area contributed by atoms with Crippen molar-refractivity contribution in [1.82, 2.24) is 0 Å². The lowest BCUT2D eigenvalue weighted by Gasteiger charge is -1.93. The van der Waals surface area contributed by atoms with Crippen LogP contribution < -0.4 is 0 Å². The largest absolute Gasteiger partial charge is 0.480 e. The van der Waals surface area contributed by atoms with Gasteiger partial charge in [-0.05, 0) is 0 Å². The van der Waals surface area contributed by atoms with Gasteiger partial charge in [0, 0.05) is 0 Å². The highest BCUT2D eigenvalue weighted by Gasteiger charge is 2.09. The average molecular weight is 125 g/mol. The maximum Gasteiger partial charge on any atom is 0.324 e. The second-order valence-corrected chi connectivity index (χ2v) is 1.52. The molecule has 2 N–H and O–H groups in total. The van der Waals surface area contributed by atoms with E-state index >= 15 is 0 Å². The number of carboxylic acid groups (broad SMARTS) is 1. The average Bonchev–Trinajstić information content (AvgIpc) is 1.65. The van der Waals surface area contributed by atoms with Gasteiger partial charge in [0.2, 0.25) is 0 Å². The molecule has 0 rings (SSSR count). The Bertz CT molecular complexity index is 72.6. The molecule has 42 valence electrons. The van der Waals surface area contributed by atoms with Crippen molar-refractivity contribution in [3.63, 3.8) is 0 Å². The van der Waals surface area contributed by atoms with Crippen molar-refractivity contribution in [3.8, 4) is 0 Å². The molecule has 0 radical (unpaired) electrons. The highest BCUT2D eigenvalue weighted by atomic mass is 35.5. The quantitative estimate of drug-likeness (QED) is 0.496. The van der Waals surface area contributed by atoms with Gasteiger partial charge in [0.15, 0.2) is 5.38 Å². The molecule has 1 atom stereocenters. The van der Waals surface area contributed by atoms with Crippen LogP contribution in [0.3, 0.4) is 0 Å². The summed E-state index contributed by atoms with van der Waals surface area (Å²) in [5.41, 5.74) is 0. The highest BCUT2D eigenvalue weighted by Crippen LogP contribution is 1.90. The van der Waals surface area contributed by atoms with Gasteiger partial charge in [-0.2, -0.15) is 0 Å². The molecule has 0 amide bonds. The van der Waals surface area contributed by atoms with Crippen LogP contribution in [0.15, 0.2) is 0 Å². The van der Waals surface area contributed by atoms with Gasteiger partial charge in [0.05, 0.1) is 6.61 Å². The summed E-state index contributed by atoms with van der Waals surface area (Å²) in [6, 6.07) is 0. The Morgan fingerprint density at radius 3 is 2.29 bits per heavy atom. The number of rotatable bonds is 2. The first-order valence-corrected chi connectivity index (χ1v) is 2.10. The molecule has 0 bridgehead atoms. The topological polar surface area (TPSA) is 57.5 Å². The number of carboxylic acids is 1. The van der Waals surface area contributed by atoms with Crippen LogP contribution >= 0.6 is 11.6 Å². The number of hydrogen-bond donors (Lipinski definition) is 2. The predicted molar refractivity (Wildman–Crippen MR) is 24.4 cm³/mol. The van der Waals surface area contributed by atoms with Crippen LogP contribution in [-0.2, 0) is 4.79 Å². The summed E-state index contributed by atoms with van der Waals surface area (Å²) >= 11 is 4.95. The molecule has 7 heavy (non-hydrogen) atoms. The molecule has 4 heteroatoms. The van der Waals surface area contributed by atoms with Crippen LogP contribution in [0.1, 0.15) is 0 Å². The molecule has 0 aliphatic rings. The summed E-state index contributed by atoms with van der Waals surface area (Å²) in [5.74, 6) is -1.19. The van der Waals surface area contributed by atoms with Crippen molar-refractivity contribution in [2.24, 2.45) is 0 Å². The van der Waals surface area contributed by atoms with Crippen molar-refractivity contribution in [2.45, 2.75) is 5.38 Å². The van der Waals surface area contributed by atoms with Crippen molar-refractivity contribution in [3.05, 3.63) is 0 Å². The number of carbonyl (C=O) groups is 1. The summed E-state index contributed by atoms with van der Waals surface area (Å²) < 4.78 is 0. The molecule has 0 spiro atoms. The normalized spacial score (nSPS) is 13.4. The molecule has 0 aromatic rings. The Morgan fingerprint density at radius 1 is 1.86 bits per heavy atom. The lowest BCUT2D eigenvalue weighted by Crippen LogP contribution is -2.16. The van der Waals surface area contributed by atoms with E-state index in [0.29, 0.717) is 0 Å². The summed E-state index contributed by atoms with van der Waals surface area (Å²) in [5, 5.41) is 14.7. The molecule has 0 fully saturated rings. The number of aliphatic carboxylic acids is 1. The summed E-state index contributed by atoms with van der Waals surface area (Å²) in [7, 11) is 0. The van der Waals surface area contributed by atoms with E-state index in [0.717, 1.165) is 0 Å². The summed E-state index contributed by atoms with van der Waals surface area (Å²) in [6.07, 6.45) is 0. The smallest absolute Gasteiger partial charge is 0.324 e. The van der Waals surface area contributed by atoms with Gasteiger partial charge in [0.25, 0.3) is 0 Å². The molecule has 0 aliphatic carbocycles. The van der Waals surface area contributed by atoms with Crippen LogP contribution in [0.5, 0.6) is 0 Å². The number of aliphatic hydroxyl groups is 1. The first-order chi connectivity index (χ1) is 3.18. The van der Waals surface area contributed by atoms with Crippen molar-refractivity contribution in [1.29, 1.82) is 0 Å². The zero-order valence-corrected chi connectivity index (χ0v) is 4.22. The minimum absolute atomic E-state index is 0.517. The molecule has 0 aliphatic heterocycles. The zero-order chi connectivity index (χ0) is 5.86. The van der Waals surface area contributed by atoms with E-state index in [-0.39, 0.29) is 0 Å². The molecule has 0 aromatic heterocycles. The maximum absolute atomic E-state index is 9.64. The van der Waals surface area contributed by atoms with Gasteiger partial charge in [-0.1, -0.05) is 0 Å². The fourth-order valence-corrected chi connectivity index (χ4v) is 0.0781. The fraction of sp³-hybridized carbons (Fsp3) is 0.667. The van der Waals surface area contributed by atoms with Crippen LogP contribution in [-0.4, -0.2) is 28.2 Å². The Hall–Kier alpha value is -0.280. The molecule has 0 saturated carbocycles. The third-order valence-electron chi connectivity index (χ3n) is 0.428. The minimum Gasteiger partial charge on any atom is -0.480 e. The standard InChI is InChI=1S/C3H5ClO3/c4-2(1-5)3(6)7/h2,5H,1H2,(H,6,7)/t2-/m0/s1. The first-order valence-electron chi connectivity index (χ1n) is 1.66. The van der Waals surface area contributed by atoms with E-state index in [9.17, 15) is 4.79 Å². The second kappa shape index (κ2) is 2.82. The van der Waals surface area contributed by atoms with Crippen LogP contribution in [0.4, 0.5) is 0 Å². The molecular weight excluding hydrogens is 119 g/mol. The van der Waals surface area contributed by atoms with Gasteiger partial charge in [-0.25, -0.2) is 0 Å². The molecule has 0 unspecified atom stereocenters. The Balaban J connectivity index is 3.34. The van der Waals surface area contributed by atoms with Crippen molar-refractivity contribution in [2.75, 3.05) is 6.61 Å². The fourth-order valence-electron chi connectivity index (χ4n) is 0.0781. The number of halogens is 1. The van der Waals surface area contributed by atoms with E-state index in [1.807, 2.05) is 0 Å². The molecule has 0 heterocycles. The number of hydrogen-bond acceptors (Lipinski definition) is 2. The molecule has 3 nitrogen and oxygen atoms in total. The van der Waals surface area contributed by atoms with E-state index in [1.54, 1.807) is 0 Å². The molecule has 0 aromatic carbocycles. The zero-order valence-electron chi connectivity index (χ0n) is 3.47. The first kappa shape index (κ1) is 6.72. The lowest BCUT2D eigenvalue weighted by atomic mass is 10.5. The summed E-state index contributed by atoms with van der Waals surface area (Å²) in [4.78, 5) is 9.64. The van der Waals surface area contributed by atoms with E-state index in [2.05, 4.69) is 0 Å². The number of aliphatic hydroxyl groups excluding tert-OH is 1. The molecule has 0 saturated heterocycles. The third-order valence-corrected chi connectivity index (χ3v) is 0.753. The van der Waals surface area contributed by atoms with Crippen LogP contribution in [0, 0.1) is 0 Å². The van der Waals surface area contributed by atoms with Crippen LogP contribution in [0.2, 0.25) is 0 Å². The predicted octanol–water partition coefficient (Wildman–Crippen LogP) is -0.329. The monoisotopic (exact) mass is 124 g/mol. The van der Waals surface area contributed by atoms with Gasteiger partial charge < -0.3 is 10.2 Å². The Labute approximate surface area is 45.5 Å². The van der Waals surface area contributed by atoms with Gasteiger partial charge in [0.1, 0.15) is 0 Å². The van der Waals surface area contributed by atoms with E-state index in [4.69, 9.17) is 21.8 Å². The third kappa shape index (κ3) is 2.42. The lowest BCUT2D eigenvalue weighted by molar-refractivity contribution is -0.137. The maximum atomic E-state index is 9.64. The molecular formula is C3H5ClO3. The number of alkyl halides is 1. The minimum atomic E-state index is -1.19. The van der Waals surface area contributed by atoms with Gasteiger partial charge in [-0.15, -0.1) is 11.6 Å². The highest BCUT2D eigenvalue weighted by molar-refractivity contribution is 6.29. The van der Waals surface area contributed by atoms with E-state index in [1.165, 1.54) is 0 Å². The van der Waals surface area contributed by atoms with E-state index < -0.39 is 18.0 Å². The SMILES string of the molecule is O=C(O)[C@@H](Cl)CO. The van der Waals surface area contributed by atoms with Gasteiger partial charge >= 0.3 is 5.97 Å². The Morgan fingerprint density at radius 2 is 2.29 bits per heavy atom. The van der Waals surface area contributed by atoms with Gasteiger partial charge in [-0.3, -0.25) is 4.79 Å². The van der Waals surface area contributed by atoms with Crippen molar-refractivity contribution < 1.29 is 15.0 Å². The van der Waals surface area contributed by atoms with Crippen molar-refractivity contribution >= 4 is 17.6 Å². The summed E-state index contributed by atoms with van der Waals surface area (Å²) in [6.45, 7) is -0.517.